The highest BCUT2D eigenvalue weighted by Crippen LogP contribution is 2.47. The fourth-order valence-corrected chi connectivity index (χ4v) is 6.28. The lowest BCUT2D eigenvalue weighted by molar-refractivity contribution is -0.119. The number of allylic oxidation sites excluding steroid dienone is 1. The number of nitrogens with zero attached hydrogens (tertiary/aromatic N) is 2. The van der Waals surface area contributed by atoms with E-state index in [-0.39, 0.29) is 6.42 Å². The number of rotatable bonds is 4. The normalized spacial score (nSPS) is 15.5. The predicted octanol–water partition coefficient (Wildman–Crippen LogP) is 4.68. The number of carbonyl (C=O) groups is 1. The van der Waals surface area contributed by atoms with Crippen LogP contribution in [0.15, 0.2) is 75.3 Å². The average molecular weight is 569 g/mol. The maximum Gasteiger partial charge on any atom is 0.335 e. The van der Waals surface area contributed by atoms with Crippen molar-refractivity contribution in [2.75, 3.05) is 0 Å². The number of nitrogens with two attached hydrogens (primary N) is 1. The van der Waals surface area contributed by atoms with Crippen molar-refractivity contribution in [2.24, 2.45) is 12.8 Å². The number of carbonyl (C=O) groups excluding carboxylic acids is 1. The van der Waals surface area contributed by atoms with Gasteiger partial charge in [-0.25, -0.2) is 9.36 Å². The topological polar surface area (TPSA) is 123 Å². The monoisotopic (exact) mass is 568 g/mol. The van der Waals surface area contributed by atoms with Crippen LogP contribution in [0.1, 0.15) is 54.1 Å². The number of nitrogens with one attached hydrogen (secondary N) is 1. The van der Waals surface area contributed by atoms with Crippen LogP contribution in [-0.4, -0.2) is 25.1 Å². The van der Waals surface area contributed by atoms with Gasteiger partial charge in [0.2, 0.25) is 5.91 Å². The lowest BCUT2D eigenvalue weighted by Gasteiger charge is -2.25. The van der Waals surface area contributed by atoms with Crippen LogP contribution < -0.4 is 17.0 Å². The van der Waals surface area contributed by atoms with Crippen molar-refractivity contribution in [1.82, 2.24) is 14.1 Å². The summed E-state index contributed by atoms with van der Waals surface area (Å²) in [5.74, 6) is -1.17. The zero-order valence-corrected chi connectivity index (χ0v) is 23.8. The summed E-state index contributed by atoms with van der Waals surface area (Å²) in [7, 11) is 1.64. The Labute approximate surface area is 240 Å². The second-order valence-electron chi connectivity index (χ2n) is 11.1. The zero-order chi connectivity index (χ0) is 29.4. The van der Waals surface area contributed by atoms with Gasteiger partial charge < -0.3 is 15.8 Å². The van der Waals surface area contributed by atoms with E-state index >= 15 is 0 Å². The molecule has 1 amide bonds. The zero-order valence-electron chi connectivity index (χ0n) is 23.1. The number of hydrogen-bond acceptors (Lipinski definition) is 4. The molecule has 0 radical (unpaired) electrons. The Kier molecular flexibility index (Phi) is 6.10. The first-order valence-corrected chi connectivity index (χ1v) is 13.7. The van der Waals surface area contributed by atoms with Gasteiger partial charge in [0.05, 0.1) is 28.1 Å². The van der Waals surface area contributed by atoms with E-state index in [0.717, 1.165) is 22.0 Å². The van der Waals surface area contributed by atoms with Crippen LogP contribution in [0.25, 0.3) is 33.1 Å². The first-order valence-electron chi connectivity index (χ1n) is 13.3. The SMILES string of the molecule is Cc1c(C2=C(Cl)C[C@H](C(N)=O)c3[nH]c4cc(C(C)(C)O)ccc4c32)cccc1-n1c(=O)c2ccccc2n(C)c1=O. The summed E-state index contributed by atoms with van der Waals surface area (Å²) in [6.07, 6.45) is 0.200. The summed E-state index contributed by atoms with van der Waals surface area (Å²) < 4.78 is 2.65. The number of hydrogen-bond donors (Lipinski definition) is 3. The van der Waals surface area contributed by atoms with E-state index in [2.05, 4.69) is 4.98 Å². The first kappa shape index (κ1) is 26.8. The van der Waals surface area contributed by atoms with Gasteiger partial charge in [0, 0.05) is 46.2 Å². The van der Waals surface area contributed by atoms with Gasteiger partial charge in [0.1, 0.15) is 0 Å². The van der Waals surface area contributed by atoms with Crippen LogP contribution in [0.2, 0.25) is 0 Å². The van der Waals surface area contributed by atoms with E-state index in [9.17, 15) is 19.5 Å². The maximum atomic E-state index is 13.6. The molecule has 6 rings (SSSR count). The molecule has 41 heavy (non-hydrogen) atoms. The molecular formula is C32H29ClN4O4. The van der Waals surface area contributed by atoms with Gasteiger partial charge in [0.15, 0.2) is 0 Å². The highest BCUT2D eigenvalue weighted by Gasteiger charge is 2.34. The smallest absolute Gasteiger partial charge is 0.335 e. The number of primary amides is 1. The van der Waals surface area contributed by atoms with E-state index in [0.29, 0.717) is 44.0 Å². The largest absolute Gasteiger partial charge is 0.386 e. The Bertz CT molecular complexity index is 2070. The molecule has 0 unspecified atom stereocenters. The molecule has 5 aromatic rings. The number of aromatic nitrogens is 3. The van der Waals surface area contributed by atoms with E-state index in [1.54, 1.807) is 57.3 Å². The summed E-state index contributed by atoms with van der Waals surface area (Å²) in [5, 5.41) is 12.3. The number of aromatic amines is 1. The van der Waals surface area contributed by atoms with E-state index in [4.69, 9.17) is 17.3 Å². The summed E-state index contributed by atoms with van der Waals surface area (Å²) in [4.78, 5) is 43.0. The number of aliphatic hydroxyl groups is 1. The van der Waals surface area contributed by atoms with Crippen molar-refractivity contribution in [2.45, 2.75) is 38.7 Å². The minimum absolute atomic E-state index is 0.200. The second kappa shape index (κ2) is 9.33. The second-order valence-corrected chi connectivity index (χ2v) is 11.6. The Morgan fingerprint density at radius 1 is 1.07 bits per heavy atom. The van der Waals surface area contributed by atoms with Crippen molar-refractivity contribution in [3.8, 4) is 5.69 Å². The summed E-state index contributed by atoms with van der Waals surface area (Å²) in [6.45, 7) is 5.27. The van der Waals surface area contributed by atoms with E-state index in [1.807, 2.05) is 31.2 Å². The van der Waals surface area contributed by atoms with Crippen LogP contribution in [0.5, 0.6) is 0 Å². The van der Waals surface area contributed by atoms with Gasteiger partial charge >= 0.3 is 5.69 Å². The Balaban J connectivity index is 1.63. The third-order valence-corrected chi connectivity index (χ3v) is 8.47. The predicted molar refractivity (Wildman–Crippen MR) is 161 cm³/mol. The third kappa shape index (κ3) is 4.05. The highest BCUT2D eigenvalue weighted by molar-refractivity contribution is 6.34. The van der Waals surface area contributed by atoms with Crippen LogP contribution in [0.3, 0.4) is 0 Å². The molecule has 1 atom stereocenters. The third-order valence-electron chi connectivity index (χ3n) is 8.12. The van der Waals surface area contributed by atoms with Gasteiger partial charge in [-0.05, 0) is 61.7 Å². The standard InChI is InChI=1S/C32H29ClN4O4/c1-16-18(9-7-11-24(16)37-30(39)20-8-5-6-10-25(20)36(4)31(37)40)26-22(33)15-21(29(34)38)28-27(26)19-13-12-17(32(2,3)41)14-23(19)35-28/h5-14,21,35,41H,15H2,1-4H3,(H2,34,38)/t21-/m0/s1. The molecule has 3 aromatic carbocycles. The molecular weight excluding hydrogens is 540 g/mol. The average Bonchev–Trinajstić information content (AvgIpc) is 3.31. The van der Waals surface area contributed by atoms with E-state index < -0.39 is 28.7 Å². The first-order chi connectivity index (χ1) is 19.4. The van der Waals surface area contributed by atoms with Crippen LogP contribution in [0, 0.1) is 6.92 Å². The number of para-hydroxylation sites is 1. The minimum atomic E-state index is -1.07. The molecule has 0 fully saturated rings. The fraction of sp³-hybridized carbons (Fsp3) is 0.219. The number of amides is 1. The summed E-state index contributed by atoms with van der Waals surface area (Å²) in [5.41, 5.74) is 9.81. The molecule has 0 aliphatic heterocycles. The molecule has 4 N–H and O–H groups in total. The van der Waals surface area contributed by atoms with Gasteiger partial charge in [-0.3, -0.25) is 14.2 Å². The number of fused-ring (bicyclic) bond motifs is 4. The molecule has 9 heteroatoms. The van der Waals surface area contributed by atoms with Gasteiger partial charge in [-0.2, -0.15) is 0 Å². The van der Waals surface area contributed by atoms with Crippen molar-refractivity contribution < 1.29 is 9.90 Å². The van der Waals surface area contributed by atoms with Crippen LogP contribution in [0.4, 0.5) is 0 Å². The van der Waals surface area contributed by atoms with Gasteiger partial charge in [-0.15, -0.1) is 0 Å². The molecule has 2 heterocycles. The Morgan fingerprint density at radius 2 is 1.80 bits per heavy atom. The molecule has 8 nitrogen and oxygen atoms in total. The summed E-state index contributed by atoms with van der Waals surface area (Å²) in [6, 6.07) is 18.0. The van der Waals surface area contributed by atoms with Crippen LogP contribution >= 0.6 is 11.6 Å². The molecule has 0 saturated heterocycles. The molecule has 1 aliphatic carbocycles. The lowest BCUT2D eigenvalue weighted by atomic mass is 9.81. The molecule has 0 spiro atoms. The van der Waals surface area contributed by atoms with Crippen molar-refractivity contribution in [1.29, 1.82) is 0 Å². The molecule has 208 valence electrons. The maximum absolute atomic E-state index is 13.6. The number of aryl methyl sites for hydroxylation is 1. The van der Waals surface area contributed by atoms with Crippen LogP contribution in [-0.2, 0) is 17.4 Å². The fourth-order valence-electron chi connectivity index (χ4n) is 5.93. The number of halogens is 1. The molecule has 2 aromatic heterocycles. The molecule has 1 aliphatic rings. The molecule has 0 bridgehead atoms. The van der Waals surface area contributed by atoms with Crippen molar-refractivity contribution in [3.05, 3.63) is 114 Å². The van der Waals surface area contributed by atoms with Gasteiger partial charge in [-0.1, -0.05) is 48.0 Å². The van der Waals surface area contributed by atoms with E-state index in [1.165, 1.54) is 9.13 Å². The number of benzene rings is 3. The number of H-pyrrole nitrogens is 1. The van der Waals surface area contributed by atoms with Gasteiger partial charge in [0.25, 0.3) is 5.56 Å². The minimum Gasteiger partial charge on any atom is -0.386 e. The van der Waals surface area contributed by atoms with Crippen molar-refractivity contribution >= 4 is 44.9 Å². The summed E-state index contributed by atoms with van der Waals surface area (Å²) >= 11 is 6.96. The quantitative estimate of drug-likeness (QED) is 0.291. The lowest BCUT2D eigenvalue weighted by Crippen LogP contribution is -2.38. The van der Waals surface area contributed by atoms with Crippen molar-refractivity contribution in [3.63, 3.8) is 0 Å². The Hall–Kier alpha value is -4.40. The molecule has 0 saturated carbocycles. The Morgan fingerprint density at radius 3 is 2.51 bits per heavy atom. The highest BCUT2D eigenvalue weighted by atomic mass is 35.5.